The average Bonchev–Trinajstić information content (AvgIpc) is 2.45. The van der Waals surface area contributed by atoms with Gasteiger partial charge in [0.25, 0.3) is 0 Å². The van der Waals surface area contributed by atoms with E-state index in [1.807, 2.05) is 30.3 Å². The normalized spacial score (nSPS) is 13.3. The van der Waals surface area contributed by atoms with Gasteiger partial charge in [-0.15, -0.1) is 11.8 Å². The molecule has 0 aliphatic rings. The van der Waals surface area contributed by atoms with Crippen LogP contribution in [0, 0.1) is 0 Å². The molecule has 0 aliphatic carbocycles. The lowest BCUT2D eigenvalue weighted by Crippen LogP contribution is -2.36. The fourth-order valence-corrected chi connectivity index (χ4v) is 2.25. The highest BCUT2D eigenvalue weighted by Gasteiger charge is 2.19. The highest BCUT2D eigenvalue weighted by Crippen LogP contribution is 2.15. The van der Waals surface area contributed by atoms with Crippen LogP contribution in [0.4, 0.5) is 5.69 Å². The number of benzene rings is 1. The summed E-state index contributed by atoms with van der Waals surface area (Å²) in [5, 5.41) is 2.51. The number of hydrogen-bond acceptors (Lipinski definition) is 5. The molecular weight excluding hydrogens is 276 g/mol. The number of thioether (sulfide) groups is 1. The summed E-state index contributed by atoms with van der Waals surface area (Å²) in [5.74, 6) is -0.199. The second kappa shape index (κ2) is 8.60. The molecule has 0 aliphatic heterocycles. The van der Waals surface area contributed by atoms with Gasteiger partial charge in [-0.2, -0.15) is 0 Å². The smallest absolute Gasteiger partial charge is 0.323 e. The zero-order valence-corrected chi connectivity index (χ0v) is 12.5. The molecule has 0 saturated carbocycles. The number of anilines is 1. The summed E-state index contributed by atoms with van der Waals surface area (Å²) >= 11 is 1.33. The molecule has 6 heteroatoms. The first-order chi connectivity index (χ1) is 9.54. The van der Waals surface area contributed by atoms with E-state index >= 15 is 0 Å². The first-order valence-corrected chi connectivity index (χ1v) is 7.49. The number of para-hydroxylation sites is 1. The van der Waals surface area contributed by atoms with Crippen molar-refractivity contribution in [3.05, 3.63) is 30.3 Å². The zero-order valence-electron chi connectivity index (χ0n) is 11.7. The monoisotopic (exact) mass is 296 g/mol. The summed E-state index contributed by atoms with van der Waals surface area (Å²) in [7, 11) is 0. The van der Waals surface area contributed by atoms with E-state index < -0.39 is 12.0 Å². The van der Waals surface area contributed by atoms with E-state index in [1.54, 1.807) is 13.8 Å². The van der Waals surface area contributed by atoms with Crippen molar-refractivity contribution in [2.24, 2.45) is 5.73 Å². The van der Waals surface area contributed by atoms with Gasteiger partial charge in [-0.05, 0) is 26.0 Å². The van der Waals surface area contributed by atoms with Crippen LogP contribution in [0.3, 0.4) is 0 Å². The van der Waals surface area contributed by atoms with Crippen molar-refractivity contribution in [1.29, 1.82) is 0 Å². The number of rotatable bonds is 7. The zero-order chi connectivity index (χ0) is 15.0. The Kier molecular flexibility index (Phi) is 7.11. The summed E-state index contributed by atoms with van der Waals surface area (Å²) in [6.45, 7) is 3.82. The van der Waals surface area contributed by atoms with E-state index in [4.69, 9.17) is 10.5 Å². The number of carbonyl (C=O) groups is 2. The Hall–Kier alpha value is -1.53. The molecule has 110 valence electrons. The predicted molar refractivity (Wildman–Crippen MR) is 81.6 cm³/mol. The van der Waals surface area contributed by atoms with Crippen LogP contribution < -0.4 is 11.1 Å². The highest BCUT2D eigenvalue weighted by atomic mass is 32.2. The van der Waals surface area contributed by atoms with Gasteiger partial charge in [-0.3, -0.25) is 9.59 Å². The lowest BCUT2D eigenvalue weighted by atomic mass is 10.3. The maximum absolute atomic E-state index is 11.9. The van der Waals surface area contributed by atoms with Crippen molar-refractivity contribution in [3.8, 4) is 0 Å². The van der Waals surface area contributed by atoms with Crippen LogP contribution in [0.1, 0.15) is 13.8 Å². The topological polar surface area (TPSA) is 81.4 Å². The third-order valence-electron chi connectivity index (χ3n) is 2.53. The average molecular weight is 296 g/mol. The molecule has 0 bridgehead atoms. The number of carbonyl (C=O) groups excluding carboxylic acids is 2. The minimum Gasteiger partial charge on any atom is -0.465 e. The van der Waals surface area contributed by atoms with E-state index in [1.165, 1.54) is 11.8 Å². The van der Waals surface area contributed by atoms with Crippen molar-refractivity contribution >= 4 is 29.3 Å². The van der Waals surface area contributed by atoms with Gasteiger partial charge in [0, 0.05) is 11.4 Å². The summed E-state index contributed by atoms with van der Waals surface area (Å²) < 4.78 is 4.81. The number of nitrogens with two attached hydrogens (primary N) is 1. The molecule has 1 aromatic carbocycles. The first kappa shape index (κ1) is 16.5. The summed E-state index contributed by atoms with van der Waals surface area (Å²) in [4.78, 5) is 23.3. The molecule has 1 aromatic rings. The lowest BCUT2D eigenvalue weighted by Gasteiger charge is -2.14. The number of hydrogen-bond donors (Lipinski definition) is 2. The Balaban J connectivity index is 2.37. The van der Waals surface area contributed by atoms with Crippen LogP contribution in [0.2, 0.25) is 0 Å². The number of esters is 1. The Morgan fingerprint density at radius 1 is 1.35 bits per heavy atom. The number of ether oxygens (including phenoxy) is 1. The first-order valence-electron chi connectivity index (χ1n) is 6.44. The minimum absolute atomic E-state index is 0.114. The van der Waals surface area contributed by atoms with Gasteiger partial charge in [0.1, 0.15) is 6.04 Å². The predicted octanol–water partition coefficient (Wildman–Crippen LogP) is 1.64. The minimum atomic E-state index is -0.702. The molecule has 0 radical (unpaired) electrons. The maximum atomic E-state index is 11.9. The molecule has 0 heterocycles. The third-order valence-corrected chi connectivity index (χ3v) is 3.79. The van der Waals surface area contributed by atoms with Crippen molar-refractivity contribution < 1.29 is 14.3 Å². The SMILES string of the molecule is CCOC(=O)C(N)CSC(C)C(=O)Nc1ccccc1. The maximum Gasteiger partial charge on any atom is 0.323 e. The molecule has 1 rings (SSSR count). The largest absolute Gasteiger partial charge is 0.465 e. The molecule has 3 N–H and O–H groups in total. The molecule has 1 amide bonds. The van der Waals surface area contributed by atoms with E-state index in [2.05, 4.69) is 5.32 Å². The van der Waals surface area contributed by atoms with Gasteiger partial charge >= 0.3 is 5.97 Å². The molecule has 0 fully saturated rings. The Labute approximate surface area is 123 Å². The summed E-state index contributed by atoms with van der Waals surface area (Å²) in [6.07, 6.45) is 0. The van der Waals surface area contributed by atoms with E-state index in [-0.39, 0.29) is 11.2 Å². The molecule has 5 nitrogen and oxygen atoms in total. The van der Waals surface area contributed by atoms with Crippen LogP contribution >= 0.6 is 11.8 Å². The van der Waals surface area contributed by atoms with E-state index in [0.717, 1.165) is 5.69 Å². The summed E-state index contributed by atoms with van der Waals surface area (Å²) in [5.41, 5.74) is 6.43. The van der Waals surface area contributed by atoms with Gasteiger partial charge in [-0.1, -0.05) is 18.2 Å². The molecular formula is C14H20N2O3S. The molecule has 0 saturated heterocycles. The van der Waals surface area contributed by atoms with Crippen LogP contribution in [-0.4, -0.2) is 35.5 Å². The second-order valence-electron chi connectivity index (χ2n) is 4.19. The van der Waals surface area contributed by atoms with Crippen LogP contribution in [0.15, 0.2) is 30.3 Å². The third kappa shape index (κ3) is 5.63. The molecule has 0 spiro atoms. The number of amides is 1. The quantitative estimate of drug-likeness (QED) is 0.748. The fraction of sp³-hybridized carbons (Fsp3) is 0.429. The van der Waals surface area contributed by atoms with Gasteiger partial charge in [0.15, 0.2) is 0 Å². The molecule has 2 unspecified atom stereocenters. The fourth-order valence-electron chi connectivity index (χ4n) is 1.41. The van der Waals surface area contributed by atoms with Crippen LogP contribution in [0.25, 0.3) is 0 Å². The molecule has 2 atom stereocenters. The van der Waals surface area contributed by atoms with Crippen LogP contribution in [-0.2, 0) is 14.3 Å². The van der Waals surface area contributed by atoms with E-state index in [0.29, 0.717) is 12.4 Å². The summed E-state index contributed by atoms with van der Waals surface area (Å²) in [6, 6.07) is 8.52. The van der Waals surface area contributed by atoms with E-state index in [9.17, 15) is 9.59 Å². The molecule has 0 aromatic heterocycles. The molecule has 20 heavy (non-hydrogen) atoms. The Morgan fingerprint density at radius 2 is 2.00 bits per heavy atom. The standard InChI is InChI=1S/C14H20N2O3S/c1-3-19-14(18)12(15)9-20-10(2)13(17)16-11-7-5-4-6-8-11/h4-8,10,12H,3,9,15H2,1-2H3,(H,16,17). The number of nitrogens with one attached hydrogen (secondary N) is 1. The van der Waals surface area contributed by atoms with Gasteiger partial charge in [0.2, 0.25) is 5.91 Å². The van der Waals surface area contributed by atoms with Crippen molar-refractivity contribution in [2.45, 2.75) is 25.1 Å². The van der Waals surface area contributed by atoms with Gasteiger partial charge in [-0.25, -0.2) is 0 Å². The van der Waals surface area contributed by atoms with Gasteiger partial charge < -0.3 is 15.8 Å². The Bertz CT molecular complexity index is 439. The lowest BCUT2D eigenvalue weighted by molar-refractivity contribution is -0.144. The Morgan fingerprint density at radius 3 is 2.60 bits per heavy atom. The van der Waals surface area contributed by atoms with Crippen LogP contribution in [0.5, 0.6) is 0 Å². The van der Waals surface area contributed by atoms with Crippen molar-refractivity contribution in [2.75, 3.05) is 17.7 Å². The van der Waals surface area contributed by atoms with Crippen molar-refractivity contribution in [1.82, 2.24) is 0 Å². The second-order valence-corrected chi connectivity index (χ2v) is 5.56. The van der Waals surface area contributed by atoms with Gasteiger partial charge in [0.05, 0.1) is 11.9 Å². The highest BCUT2D eigenvalue weighted by molar-refractivity contribution is 8.00. The van der Waals surface area contributed by atoms with Crippen molar-refractivity contribution in [3.63, 3.8) is 0 Å².